The van der Waals surface area contributed by atoms with Crippen molar-refractivity contribution in [3.05, 3.63) is 59.3 Å². The van der Waals surface area contributed by atoms with Crippen LogP contribution < -0.4 is 0 Å². The van der Waals surface area contributed by atoms with Gasteiger partial charge in [-0.25, -0.2) is 9.18 Å². The average Bonchev–Trinajstić information content (AvgIpc) is 3.12. The van der Waals surface area contributed by atoms with Crippen molar-refractivity contribution < 1.29 is 28.3 Å². The fraction of sp³-hybridized carbons (Fsp3) is 0.278. The van der Waals surface area contributed by atoms with E-state index in [1.165, 1.54) is 35.2 Å². The topological polar surface area (TPSA) is 87.8 Å². The Bertz CT molecular complexity index is 811. The van der Waals surface area contributed by atoms with E-state index in [-0.39, 0.29) is 29.6 Å². The molecule has 1 atom stereocenters. The minimum absolute atomic E-state index is 0.0627. The lowest BCUT2D eigenvalue weighted by molar-refractivity contribution is 0.0609. The zero-order valence-corrected chi connectivity index (χ0v) is 13.3. The smallest absolute Gasteiger partial charge is 0.338 e. The first-order valence-corrected chi connectivity index (χ1v) is 7.86. The van der Waals surface area contributed by atoms with E-state index in [1.807, 2.05) is 0 Å². The highest BCUT2D eigenvalue weighted by Crippen LogP contribution is 2.23. The summed E-state index contributed by atoms with van der Waals surface area (Å²) in [5.41, 5.74) is 0.311. The fourth-order valence-electron chi connectivity index (χ4n) is 2.94. The molecule has 1 aromatic carbocycles. The zero-order chi connectivity index (χ0) is 18.0. The van der Waals surface area contributed by atoms with E-state index in [1.54, 1.807) is 0 Å². The molecule has 0 radical (unpaired) electrons. The van der Waals surface area contributed by atoms with Gasteiger partial charge in [0.1, 0.15) is 12.1 Å². The molecule has 1 saturated heterocycles. The summed E-state index contributed by atoms with van der Waals surface area (Å²) in [6.45, 7) is 0.688. The minimum atomic E-state index is -1.18. The number of hydrogen-bond acceptors (Lipinski definition) is 4. The molecular formula is C18H16FNO5. The van der Waals surface area contributed by atoms with Crippen molar-refractivity contribution in [2.45, 2.75) is 12.8 Å². The molecule has 2 heterocycles. The number of carboxylic acids is 1. The van der Waals surface area contributed by atoms with Gasteiger partial charge < -0.3 is 14.4 Å². The summed E-state index contributed by atoms with van der Waals surface area (Å²) in [6.07, 6.45) is 2.30. The third-order valence-electron chi connectivity index (χ3n) is 4.27. The number of benzene rings is 1. The van der Waals surface area contributed by atoms with E-state index < -0.39 is 17.7 Å². The number of Topliss-reactive ketones (excluding diaryl/α,β-unsaturated/α-hetero) is 1. The highest BCUT2D eigenvalue weighted by molar-refractivity contribution is 5.99. The molecule has 3 rings (SSSR count). The predicted molar refractivity (Wildman–Crippen MR) is 85.0 cm³/mol. The van der Waals surface area contributed by atoms with Crippen molar-refractivity contribution in [3.63, 3.8) is 0 Å². The quantitative estimate of drug-likeness (QED) is 0.861. The van der Waals surface area contributed by atoms with E-state index in [4.69, 9.17) is 9.52 Å². The van der Waals surface area contributed by atoms with E-state index in [2.05, 4.69) is 0 Å². The Kier molecular flexibility index (Phi) is 4.65. The highest BCUT2D eigenvalue weighted by atomic mass is 19.1. The predicted octanol–water partition coefficient (Wildman–Crippen LogP) is 2.85. The number of halogens is 1. The summed E-state index contributed by atoms with van der Waals surface area (Å²) in [7, 11) is 0. The Labute approximate surface area is 142 Å². The van der Waals surface area contributed by atoms with Gasteiger partial charge in [0, 0.05) is 30.6 Å². The number of likely N-dealkylation sites (tertiary alicyclic amines) is 1. The molecular weight excluding hydrogens is 329 g/mol. The molecule has 0 aliphatic carbocycles. The molecule has 1 unspecified atom stereocenters. The van der Waals surface area contributed by atoms with Crippen molar-refractivity contribution in [2.24, 2.45) is 5.92 Å². The maximum absolute atomic E-state index is 13.0. The van der Waals surface area contributed by atoms with Crippen LogP contribution in [0.3, 0.4) is 0 Å². The number of carboxylic acid groups (broad SMARTS) is 1. The molecule has 6 nitrogen and oxygen atoms in total. The van der Waals surface area contributed by atoms with Crippen LogP contribution in [-0.4, -0.2) is 40.8 Å². The number of nitrogens with zero attached hydrogens (tertiary/aromatic N) is 1. The van der Waals surface area contributed by atoms with E-state index in [9.17, 15) is 18.8 Å². The Morgan fingerprint density at radius 1 is 1.16 bits per heavy atom. The molecule has 1 aromatic heterocycles. The Hall–Kier alpha value is -2.96. The third-order valence-corrected chi connectivity index (χ3v) is 4.27. The summed E-state index contributed by atoms with van der Waals surface area (Å²) in [4.78, 5) is 37.4. The summed E-state index contributed by atoms with van der Waals surface area (Å²) >= 11 is 0. The third kappa shape index (κ3) is 3.60. The van der Waals surface area contributed by atoms with Gasteiger partial charge in [-0.1, -0.05) is 0 Å². The normalized spacial score (nSPS) is 17.3. The summed E-state index contributed by atoms with van der Waals surface area (Å²) in [5.74, 6) is -2.61. The number of hydrogen-bond donors (Lipinski definition) is 1. The van der Waals surface area contributed by atoms with Gasteiger partial charge in [0.2, 0.25) is 0 Å². The van der Waals surface area contributed by atoms with Crippen molar-refractivity contribution >= 4 is 17.7 Å². The fourth-order valence-corrected chi connectivity index (χ4v) is 2.94. The molecule has 25 heavy (non-hydrogen) atoms. The van der Waals surface area contributed by atoms with Crippen LogP contribution in [0.2, 0.25) is 0 Å². The molecule has 1 fully saturated rings. The van der Waals surface area contributed by atoms with Crippen molar-refractivity contribution in [1.82, 2.24) is 4.90 Å². The molecule has 0 saturated carbocycles. The van der Waals surface area contributed by atoms with Crippen LogP contribution in [0.5, 0.6) is 0 Å². The number of aromatic carboxylic acids is 1. The minimum Gasteiger partial charge on any atom is -0.478 e. The number of furan rings is 1. The summed E-state index contributed by atoms with van der Waals surface area (Å²) in [5, 5.41) is 8.89. The number of amides is 1. The lowest BCUT2D eigenvalue weighted by atomic mass is 9.90. The van der Waals surface area contributed by atoms with Crippen LogP contribution in [0.25, 0.3) is 0 Å². The maximum atomic E-state index is 13.0. The van der Waals surface area contributed by atoms with Gasteiger partial charge in [0.05, 0.1) is 5.56 Å². The second-order valence-electron chi connectivity index (χ2n) is 5.97. The van der Waals surface area contributed by atoms with Gasteiger partial charge in [0.15, 0.2) is 11.5 Å². The van der Waals surface area contributed by atoms with Gasteiger partial charge in [-0.15, -0.1) is 0 Å². The number of carbonyl (C=O) groups is 3. The van der Waals surface area contributed by atoms with Crippen LogP contribution >= 0.6 is 0 Å². The zero-order valence-electron chi connectivity index (χ0n) is 13.3. The van der Waals surface area contributed by atoms with E-state index >= 15 is 0 Å². The van der Waals surface area contributed by atoms with Gasteiger partial charge >= 0.3 is 5.97 Å². The van der Waals surface area contributed by atoms with Gasteiger partial charge in [-0.05, 0) is 37.1 Å². The first-order chi connectivity index (χ1) is 12.0. The molecule has 1 N–H and O–H groups in total. The van der Waals surface area contributed by atoms with Crippen LogP contribution in [0.4, 0.5) is 4.39 Å². The second-order valence-corrected chi connectivity index (χ2v) is 5.97. The monoisotopic (exact) mass is 345 g/mol. The van der Waals surface area contributed by atoms with Crippen molar-refractivity contribution in [2.75, 3.05) is 13.1 Å². The molecule has 0 bridgehead atoms. The van der Waals surface area contributed by atoms with Gasteiger partial charge in [-0.3, -0.25) is 9.59 Å². The summed E-state index contributed by atoms with van der Waals surface area (Å²) in [6, 6.07) is 6.51. The Balaban J connectivity index is 1.71. The highest BCUT2D eigenvalue weighted by Gasteiger charge is 2.30. The number of carbonyl (C=O) groups excluding carboxylic acids is 2. The molecule has 1 aliphatic heterocycles. The lowest BCUT2D eigenvalue weighted by Crippen LogP contribution is -2.42. The summed E-state index contributed by atoms with van der Waals surface area (Å²) < 4.78 is 18.0. The first kappa shape index (κ1) is 16.9. The first-order valence-electron chi connectivity index (χ1n) is 7.86. The maximum Gasteiger partial charge on any atom is 0.338 e. The van der Waals surface area contributed by atoms with Crippen LogP contribution in [0.1, 0.15) is 44.1 Å². The van der Waals surface area contributed by atoms with E-state index in [0.29, 0.717) is 24.9 Å². The molecule has 1 aliphatic rings. The lowest BCUT2D eigenvalue weighted by Gasteiger charge is -2.31. The standard InChI is InChI=1S/C18H16FNO5/c19-14-5-3-11(4-6-14)16(21)12-2-1-7-20(9-12)17(22)15-8-13(10-25-15)18(23)24/h3-6,8,10,12H,1-2,7,9H2,(H,23,24). The Morgan fingerprint density at radius 3 is 2.52 bits per heavy atom. The van der Waals surface area contributed by atoms with Gasteiger partial charge in [0.25, 0.3) is 5.91 Å². The van der Waals surface area contributed by atoms with Crippen LogP contribution in [0.15, 0.2) is 41.0 Å². The molecule has 0 spiro atoms. The average molecular weight is 345 g/mol. The van der Waals surface area contributed by atoms with Crippen molar-refractivity contribution in [1.29, 1.82) is 0 Å². The Morgan fingerprint density at radius 2 is 1.88 bits per heavy atom. The second kappa shape index (κ2) is 6.88. The molecule has 130 valence electrons. The van der Waals surface area contributed by atoms with Crippen LogP contribution in [-0.2, 0) is 0 Å². The number of ketones is 1. The molecule has 2 aromatic rings. The van der Waals surface area contributed by atoms with Crippen LogP contribution in [0, 0.1) is 11.7 Å². The van der Waals surface area contributed by atoms with Crippen molar-refractivity contribution in [3.8, 4) is 0 Å². The van der Waals surface area contributed by atoms with Gasteiger partial charge in [-0.2, -0.15) is 0 Å². The number of rotatable bonds is 4. The molecule has 1 amide bonds. The van der Waals surface area contributed by atoms with E-state index in [0.717, 1.165) is 6.26 Å². The SMILES string of the molecule is O=C(O)c1coc(C(=O)N2CCCC(C(=O)c3ccc(F)cc3)C2)c1. The molecule has 7 heteroatoms. The largest absolute Gasteiger partial charge is 0.478 e. The number of piperidine rings is 1.